The van der Waals surface area contributed by atoms with Gasteiger partial charge in [-0.05, 0) is 139 Å². The van der Waals surface area contributed by atoms with Crippen molar-refractivity contribution in [2.24, 2.45) is 74.3 Å². The summed E-state index contributed by atoms with van der Waals surface area (Å²) in [5.74, 6) is 1.33. The molecule has 6 aliphatic carbocycles. The van der Waals surface area contributed by atoms with E-state index in [-0.39, 0.29) is 40.9 Å². The highest BCUT2D eigenvalue weighted by molar-refractivity contribution is 4.92. The smallest absolute Gasteiger partial charge is 0.171 e. The van der Waals surface area contributed by atoms with Gasteiger partial charge in [-0.25, -0.2) is 0 Å². The van der Waals surface area contributed by atoms with E-state index in [2.05, 4.69) is 55.4 Å². The minimum absolute atomic E-state index is 0.0556. The summed E-state index contributed by atoms with van der Waals surface area (Å²) in [6, 6.07) is 0. The first-order valence-electron chi connectivity index (χ1n) is 36.0. The minimum atomic E-state index is -3.98. The van der Waals surface area contributed by atoms with Crippen molar-refractivity contribution < 1.29 is 35.9 Å². The monoisotopic (exact) mass is 1130 g/mol. The number of hydrogen-bond donors (Lipinski definition) is 0. The van der Waals surface area contributed by atoms with Crippen molar-refractivity contribution in [1.29, 1.82) is 0 Å². The lowest BCUT2D eigenvalue weighted by Crippen LogP contribution is -2.34. The molecule has 6 saturated carbocycles. The van der Waals surface area contributed by atoms with E-state index in [9.17, 15) is 26.3 Å². The Balaban J connectivity index is -0.000000282. The molecule has 0 aromatic rings. The van der Waals surface area contributed by atoms with Gasteiger partial charge in [0.2, 0.25) is 0 Å². The van der Waals surface area contributed by atoms with Crippen molar-refractivity contribution in [2.45, 2.75) is 391 Å². The maximum Gasteiger partial charge on any atom is 0.389 e. The molecule has 478 valence electrons. The maximum atomic E-state index is 11.5. The standard InChI is InChI=1S/C14H26.C11H20.C7H14.2C6H11F3.C6H12.C6H14.2C5H12.C4H10.C2H6/c1-12-4-6-14(7-5-12)10-8-13(2,3)9-11-14;1-10-4-8-11(9-5-10)6-2-3-7-11;1-7-5-3-2-4-6-7;2*1-3-5(2)4-6(7,8)9;1-6-4-2-3-5-6;1-5-6(2,3)4;1-5(2,3)4;1-4-5(2)3;1-4(2)3;1-2/h12H,4-11H2,1-3H3;10H,2-9H2,1H3;7H,2-6H2,1H3;2*5H,3-4H2,1-2H3;6H,2-5H2,1H3;5H2,1-4H3;1-4H3;5H,4H2,1-3H3;4H,1-3H3;1-2H3/t;;;2*5-;;;;;;/m...00....../s1/i;;7D;;;6D;5D2;;4D2;4D;. The van der Waals surface area contributed by atoms with Crippen molar-refractivity contribution in [3.05, 3.63) is 0 Å². The van der Waals surface area contributed by atoms with E-state index in [4.69, 9.17) is 9.60 Å². The topological polar surface area (TPSA) is 0 Å². The summed E-state index contributed by atoms with van der Waals surface area (Å²) in [6.07, 6.45) is 25.2. The summed E-state index contributed by atoms with van der Waals surface area (Å²) in [7, 11) is 0. The van der Waals surface area contributed by atoms with E-state index in [1.54, 1.807) is 67.2 Å². The van der Waals surface area contributed by atoms with Crippen LogP contribution in [0.1, 0.15) is 389 Å². The second-order valence-corrected chi connectivity index (χ2v) is 29.5. The molecule has 0 amide bonds. The lowest BCUT2D eigenvalue weighted by Gasteiger charge is -2.47. The van der Waals surface area contributed by atoms with Crippen LogP contribution in [-0.2, 0) is 0 Å². The first-order valence-corrected chi connectivity index (χ1v) is 32.5. The Hall–Kier alpha value is -0.420. The molecule has 0 radical (unpaired) electrons. The van der Waals surface area contributed by atoms with Crippen LogP contribution in [0.4, 0.5) is 26.3 Å². The van der Waals surface area contributed by atoms with Gasteiger partial charge in [-0.2, -0.15) is 26.3 Å². The van der Waals surface area contributed by atoms with Crippen LogP contribution < -0.4 is 0 Å². The number of rotatable bonds is 5. The van der Waals surface area contributed by atoms with Crippen LogP contribution in [0.3, 0.4) is 0 Å². The van der Waals surface area contributed by atoms with Crippen molar-refractivity contribution >= 4 is 0 Å². The normalized spacial score (nSPS) is 23.5. The number of alkyl halides is 6. The highest BCUT2D eigenvalue weighted by Gasteiger charge is 2.40. The van der Waals surface area contributed by atoms with Crippen LogP contribution in [0, 0.1) is 74.3 Å². The third-order valence-corrected chi connectivity index (χ3v) is 16.0. The van der Waals surface area contributed by atoms with E-state index in [0.29, 0.717) is 23.7 Å². The quantitative estimate of drug-likeness (QED) is 0.241. The molecule has 0 unspecified atom stereocenters. The van der Waals surface area contributed by atoms with E-state index in [0.717, 1.165) is 48.3 Å². The third kappa shape index (κ3) is 64.7. The fourth-order valence-corrected chi connectivity index (χ4v) is 9.54. The highest BCUT2D eigenvalue weighted by Crippen LogP contribution is 2.53. The number of hydrogen-bond acceptors (Lipinski definition) is 0. The average molecular weight is 1140 g/mol. The summed E-state index contributed by atoms with van der Waals surface area (Å²) in [5.41, 5.74) is 2.57. The predicted molar refractivity (Wildman–Crippen MR) is 343 cm³/mol. The van der Waals surface area contributed by atoms with Crippen LogP contribution in [-0.4, -0.2) is 12.4 Å². The molecule has 0 N–H and O–H groups in total. The molecule has 0 saturated heterocycles. The summed E-state index contributed by atoms with van der Waals surface area (Å²) in [6.45, 7) is 51.5. The summed E-state index contributed by atoms with van der Waals surface area (Å²) >= 11 is 0. The zero-order valence-electron chi connectivity index (χ0n) is 64.7. The molecular formula is C72H148F6. The molecule has 6 heteroatoms. The molecule has 2 atom stereocenters. The third-order valence-electron chi connectivity index (χ3n) is 16.0. The SMILES string of the molecule is CC.CC(C)(C)C.CC1CCC2(CC1)CCC(C)(C)CC2.CC1CCC2(CCCC2)CC1.CC[C@H](C)CC(F)(F)F.CC[C@H](C)CC(F)(F)F.[2H]C(C)(C)C.[2H]C([2H])(C)C(C)(C)C.[2H]C([2H])(C)C(C)C.[2H]C1(C)CCCC1.[2H]C1(C)CCCCC1. The van der Waals surface area contributed by atoms with Crippen molar-refractivity contribution in [2.75, 3.05) is 0 Å². The lowest BCUT2D eigenvalue weighted by molar-refractivity contribution is -0.144. The Morgan fingerprint density at radius 1 is 0.462 bits per heavy atom. The van der Waals surface area contributed by atoms with Gasteiger partial charge >= 0.3 is 12.4 Å². The largest absolute Gasteiger partial charge is 0.389 e. The van der Waals surface area contributed by atoms with Crippen LogP contribution in [0.5, 0.6) is 0 Å². The van der Waals surface area contributed by atoms with Gasteiger partial charge in [-0.15, -0.1) is 0 Å². The molecule has 0 bridgehead atoms. The Kier molecular flexibility index (Phi) is 43.2. The molecule has 6 fully saturated rings. The lowest BCUT2D eigenvalue weighted by atomic mass is 9.59. The van der Waals surface area contributed by atoms with E-state index < -0.39 is 37.9 Å². The maximum absolute atomic E-state index is 11.5. The fourth-order valence-electron chi connectivity index (χ4n) is 9.54. The van der Waals surface area contributed by atoms with E-state index in [1.165, 1.54) is 109 Å². The summed E-state index contributed by atoms with van der Waals surface area (Å²) in [5, 5.41) is 0. The molecule has 2 spiro atoms. The highest BCUT2D eigenvalue weighted by atomic mass is 19.4. The molecule has 0 aliphatic heterocycles. The van der Waals surface area contributed by atoms with Gasteiger partial charge in [-0.3, -0.25) is 0 Å². The van der Waals surface area contributed by atoms with Crippen LogP contribution >= 0.6 is 0 Å². The Morgan fingerprint density at radius 3 is 0.885 bits per heavy atom. The van der Waals surface area contributed by atoms with Gasteiger partial charge in [0.15, 0.2) is 0 Å². The Morgan fingerprint density at radius 2 is 0.705 bits per heavy atom. The zero-order chi connectivity index (χ0) is 68.4. The first-order chi connectivity index (χ1) is 37.8. The van der Waals surface area contributed by atoms with Gasteiger partial charge in [0.05, 0.1) is 0 Å². The molecule has 6 aliphatic rings. The van der Waals surface area contributed by atoms with E-state index in [1.807, 2.05) is 83.1 Å². The van der Waals surface area contributed by atoms with Crippen molar-refractivity contribution in [1.82, 2.24) is 0 Å². The van der Waals surface area contributed by atoms with Gasteiger partial charge in [0, 0.05) is 22.4 Å². The Bertz CT molecular complexity index is 1460. The summed E-state index contributed by atoms with van der Waals surface area (Å²) in [4.78, 5) is 0. The van der Waals surface area contributed by atoms with E-state index >= 15 is 0 Å². The molecule has 0 nitrogen and oxygen atoms in total. The Labute approximate surface area is 500 Å². The molecule has 78 heavy (non-hydrogen) atoms. The van der Waals surface area contributed by atoms with Gasteiger partial charge in [0.25, 0.3) is 0 Å². The first kappa shape index (κ1) is 71.8. The number of halogens is 6. The zero-order valence-corrected chi connectivity index (χ0v) is 57.7. The van der Waals surface area contributed by atoms with Gasteiger partial charge in [-0.1, -0.05) is 302 Å². The average Bonchev–Trinajstić information content (AvgIpc) is 3.96. The molecule has 0 aromatic heterocycles. The second-order valence-electron chi connectivity index (χ2n) is 29.5. The van der Waals surface area contributed by atoms with Crippen LogP contribution in [0.25, 0.3) is 0 Å². The summed E-state index contributed by atoms with van der Waals surface area (Å²) < 4.78 is 120. The molecular weight excluding hydrogens is 979 g/mol. The van der Waals surface area contributed by atoms with Gasteiger partial charge < -0.3 is 0 Å². The second kappa shape index (κ2) is 46.9. The van der Waals surface area contributed by atoms with Crippen molar-refractivity contribution in [3.8, 4) is 0 Å². The molecule has 6 rings (SSSR count). The fraction of sp³-hybridized carbons (Fsp3) is 1.00. The minimum Gasteiger partial charge on any atom is -0.171 e. The van der Waals surface area contributed by atoms with Crippen molar-refractivity contribution in [3.63, 3.8) is 0 Å². The molecule has 0 heterocycles. The van der Waals surface area contributed by atoms with Gasteiger partial charge in [0.1, 0.15) is 0 Å². The van der Waals surface area contributed by atoms with Crippen LogP contribution in [0.15, 0.2) is 0 Å². The molecule has 0 aromatic carbocycles. The van der Waals surface area contributed by atoms with Crippen LogP contribution in [0.2, 0.25) is 0 Å². The predicted octanol–water partition coefficient (Wildman–Crippen LogP) is 28.5.